The van der Waals surface area contributed by atoms with Gasteiger partial charge in [0.2, 0.25) is 0 Å². The van der Waals surface area contributed by atoms with E-state index in [1.807, 2.05) is 4.68 Å². The highest BCUT2D eigenvalue weighted by atomic mass is 15.3. The van der Waals surface area contributed by atoms with Gasteiger partial charge in [-0.05, 0) is 25.1 Å². The van der Waals surface area contributed by atoms with Crippen molar-refractivity contribution in [3.05, 3.63) is 48.2 Å². The van der Waals surface area contributed by atoms with Crippen LogP contribution < -0.4 is 5.32 Å². The van der Waals surface area contributed by atoms with Crippen LogP contribution >= 0.6 is 0 Å². The van der Waals surface area contributed by atoms with Crippen LogP contribution in [0.3, 0.4) is 0 Å². The lowest BCUT2D eigenvalue weighted by Gasteiger charge is -2.06. The molecular weight excluding hydrogens is 262 g/mol. The number of nitrogens with zero attached hydrogens (tertiary/aromatic N) is 4. The molecule has 1 N–H and O–H groups in total. The fourth-order valence-electron chi connectivity index (χ4n) is 2.68. The number of aromatic nitrogens is 4. The summed E-state index contributed by atoms with van der Waals surface area (Å²) >= 11 is 0. The van der Waals surface area contributed by atoms with Gasteiger partial charge in [-0.2, -0.15) is 5.10 Å². The van der Waals surface area contributed by atoms with Crippen LogP contribution in [0.4, 0.5) is 0 Å². The van der Waals surface area contributed by atoms with Crippen molar-refractivity contribution in [3.63, 3.8) is 0 Å². The first-order valence-electron chi connectivity index (χ1n) is 7.47. The zero-order valence-electron chi connectivity index (χ0n) is 12.6. The van der Waals surface area contributed by atoms with E-state index < -0.39 is 0 Å². The zero-order chi connectivity index (χ0) is 14.7. The van der Waals surface area contributed by atoms with Crippen LogP contribution in [0.2, 0.25) is 0 Å². The Morgan fingerprint density at radius 1 is 1.19 bits per heavy atom. The normalized spacial score (nSPS) is 11.3. The third-order valence-corrected chi connectivity index (χ3v) is 3.74. The van der Waals surface area contributed by atoms with E-state index in [4.69, 9.17) is 0 Å². The van der Waals surface area contributed by atoms with Crippen molar-refractivity contribution in [2.75, 3.05) is 6.54 Å². The minimum atomic E-state index is 0.750. The van der Waals surface area contributed by atoms with Gasteiger partial charge in [0.1, 0.15) is 12.2 Å². The van der Waals surface area contributed by atoms with Crippen LogP contribution in [0, 0.1) is 0 Å². The number of benzene rings is 1. The van der Waals surface area contributed by atoms with E-state index in [0.29, 0.717) is 0 Å². The molecule has 0 aliphatic rings. The Labute approximate surface area is 124 Å². The lowest BCUT2D eigenvalue weighted by Crippen LogP contribution is -2.11. The van der Waals surface area contributed by atoms with Crippen LogP contribution in [0.25, 0.3) is 10.9 Å². The average Bonchev–Trinajstić information content (AvgIpc) is 3.11. The van der Waals surface area contributed by atoms with Crippen LogP contribution in [0.1, 0.15) is 25.2 Å². The van der Waals surface area contributed by atoms with Gasteiger partial charge in [-0.3, -0.25) is 0 Å². The summed E-state index contributed by atoms with van der Waals surface area (Å²) in [7, 11) is 0. The first kappa shape index (κ1) is 13.8. The van der Waals surface area contributed by atoms with E-state index in [2.05, 4.69) is 64.3 Å². The maximum atomic E-state index is 4.38. The molecule has 5 nitrogen and oxygen atoms in total. The van der Waals surface area contributed by atoms with Crippen molar-refractivity contribution in [2.45, 2.75) is 33.5 Å². The summed E-state index contributed by atoms with van der Waals surface area (Å²) in [5.41, 5.74) is 2.58. The number of rotatable bonds is 6. The minimum Gasteiger partial charge on any atom is -0.340 e. The lowest BCUT2D eigenvalue weighted by atomic mass is 10.2. The molecular formula is C16H21N5. The molecule has 0 saturated heterocycles. The summed E-state index contributed by atoms with van der Waals surface area (Å²) in [5.74, 6) is 0.994. The molecule has 2 aromatic heterocycles. The quantitative estimate of drug-likeness (QED) is 0.755. The minimum absolute atomic E-state index is 0.750. The molecule has 0 fully saturated rings. The molecule has 1 aromatic carbocycles. The van der Waals surface area contributed by atoms with Gasteiger partial charge in [0.15, 0.2) is 0 Å². The number of hydrogen-bond acceptors (Lipinski definition) is 3. The van der Waals surface area contributed by atoms with Gasteiger partial charge in [-0.15, -0.1) is 0 Å². The molecule has 0 aliphatic heterocycles. The predicted octanol–water partition coefficient (Wildman–Crippen LogP) is 2.41. The summed E-state index contributed by atoms with van der Waals surface area (Å²) in [5, 5.41) is 8.96. The number of hydrogen-bond donors (Lipinski definition) is 1. The lowest BCUT2D eigenvalue weighted by molar-refractivity contribution is 0.596. The fourth-order valence-corrected chi connectivity index (χ4v) is 2.68. The summed E-state index contributed by atoms with van der Waals surface area (Å²) in [6, 6.07) is 8.53. The van der Waals surface area contributed by atoms with Crippen molar-refractivity contribution >= 4 is 10.9 Å². The van der Waals surface area contributed by atoms with E-state index >= 15 is 0 Å². The molecule has 0 radical (unpaired) electrons. The second-order valence-electron chi connectivity index (χ2n) is 5.07. The van der Waals surface area contributed by atoms with Crippen molar-refractivity contribution in [3.8, 4) is 0 Å². The van der Waals surface area contributed by atoms with Crippen molar-refractivity contribution in [1.82, 2.24) is 24.6 Å². The highest BCUT2D eigenvalue weighted by molar-refractivity contribution is 5.84. The maximum Gasteiger partial charge on any atom is 0.146 e. The fraction of sp³-hybridized carbons (Fsp3) is 0.375. The van der Waals surface area contributed by atoms with E-state index in [9.17, 15) is 0 Å². The average molecular weight is 283 g/mol. The Hall–Kier alpha value is -2.14. The van der Waals surface area contributed by atoms with E-state index in [1.165, 1.54) is 16.5 Å². The van der Waals surface area contributed by atoms with Gasteiger partial charge in [-0.25, -0.2) is 9.67 Å². The van der Waals surface area contributed by atoms with Gasteiger partial charge in [-0.1, -0.05) is 25.1 Å². The molecule has 0 amide bonds. The highest BCUT2D eigenvalue weighted by Gasteiger charge is 2.10. The van der Waals surface area contributed by atoms with Gasteiger partial charge >= 0.3 is 0 Å². The number of para-hydroxylation sites is 1. The number of nitrogens with one attached hydrogen (secondary N) is 1. The largest absolute Gasteiger partial charge is 0.340 e. The molecule has 0 bridgehead atoms. The second kappa shape index (κ2) is 6.10. The smallest absolute Gasteiger partial charge is 0.146 e. The molecule has 21 heavy (non-hydrogen) atoms. The first-order valence-corrected chi connectivity index (χ1v) is 7.47. The number of fused-ring (bicyclic) bond motifs is 1. The Kier molecular flexibility index (Phi) is 4.01. The standard InChI is InChI=1S/C16H21N5/c1-3-17-9-13-10-20(15-8-6-5-7-14(13)15)11-16-18-12-19-21(16)4-2/h5-8,10,12,17H,3-4,9,11H2,1-2H3. The van der Waals surface area contributed by atoms with E-state index in [-0.39, 0.29) is 0 Å². The van der Waals surface area contributed by atoms with Gasteiger partial charge in [0.05, 0.1) is 6.54 Å². The first-order chi connectivity index (χ1) is 10.3. The third kappa shape index (κ3) is 2.69. The monoisotopic (exact) mass is 283 g/mol. The highest BCUT2D eigenvalue weighted by Crippen LogP contribution is 2.22. The summed E-state index contributed by atoms with van der Waals surface area (Å²) in [4.78, 5) is 4.38. The Morgan fingerprint density at radius 2 is 2.05 bits per heavy atom. The molecule has 110 valence electrons. The summed E-state index contributed by atoms with van der Waals surface area (Å²) in [6.45, 7) is 7.68. The van der Waals surface area contributed by atoms with Crippen LogP contribution in [0.15, 0.2) is 36.8 Å². The van der Waals surface area contributed by atoms with Crippen LogP contribution in [0.5, 0.6) is 0 Å². The molecule has 0 unspecified atom stereocenters. The summed E-state index contributed by atoms with van der Waals surface area (Å²) < 4.78 is 4.21. The molecule has 5 heteroatoms. The molecule has 2 heterocycles. The van der Waals surface area contributed by atoms with Crippen molar-refractivity contribution in [1.29, 1.82) is 0 Å². The third-order valence-electron chi connectivity index (χ3n) is 3.74. The second-order valence-corrected chi connectivity index (χ2v) is 5.07. The molecule has 0 spiro atoms. The Morgan fingerprint density at radius 3 is 2.86 bits per heavy atom. The summed E-state index contributed by atoms with van der Waals surface area (Å²) in [6.07, 6.45) is 3.85. The molecule has 0 aliphatic carbocycles. The molecule has 0 saturated carbocycles. The van der Waals surface area contributed by atoms with Gasteiger partial charge < -0.3 is 9.88 Å². The van der Waals surface area contributed by atoms with E-state index in [1.54, 1.807) is 6.33 Å². The van der Waals surface area contributed by atoms with Crippen LogP contribution in [-0.4, -0.2) is 25.9 Å². The van der Waals surface area contributed by atoms with Gasteiger partial charge in [0, 0.05) is 30.2 Å². The van der Waals surface area contributed by atoms with Gasteiger partial charge in [0.25, 0.3) is 0 Å². The Bertz CT molecular complexity index is 725. The molecule has 3 aromatic rings. The van der Waals surface area contributed by atoms with Crippen molar-refractivity contribution < 1.29 is 0 Å². The van der Waals surface area contributed by atoms with E-state index in [0.717, 1.165) is 32.0 Å². The predicted molar refractivity (Wildman–Crippen MR) is 84.1 cm³/mol. The zero-order valence-corrected chi connectivity index (χ0v) is 12.6. The molecule has 0 atom stereocenters. The number of aryl methyl sites for hydroxylation is 1. The Balaban J connectivity index is 1.98. The SMILES string of the molecule is CCNCc1cn(Cc2ncnn2CC)c2ccccc12. The van der Waals surface area contributed by atoms with Crippen LogP contribution in [-0.2, 0) is 19.6 Å². The maximum absolute atomic E-state index is 4.38. The van der Waals surface area contributed by atoms with Crippen molar-refractivity contribution in [2.24, 2.45) is 0 Å². The topological polar surface area (TPSA) is 47.7 Å². The molecule has 3 rings (SSSR count).